The lowest BCUT2D eigenvalue weighted by atomic mass is 9.97. The molecule has 1 atom stereocenters. The molecule has 0 bridgehead atoms. The third kappa shape index (κ3) is 3.34. The van der Waals surface area contributed by atoms with Crippen molar-refractivity contribution in [3.05, 3.63) is 69.0 Å². The second-order valence-electron chi connectivity index (χ2n) is 4.41. The minimum atomic E-state index is -1.24. The maximum Gasteiger partial charge on any atom is 0.161 e. The first kappa shape index (κ1) is 16.1. The van der Waals surface area contributed by atoms with E-state index >= 15 is 0 Å². The van der Waals surface area contributed by atoms with Gasteiger partial charge in [-0.25, -0.2) is 13.2 Å². The summed E-state index contributed by atoms with van der Waals surface area (Å²) in [6.45, 7) is 2.26. The maximum atomic E-state index is 14.0. The van der Waals surface area contributed by atoms with Gasteiger partial charge in [-0.05, 0) is 24.7 Å². The standard InChI is InChI=1S/C15H12Cl2F3N/c1-2-21-15(14-9(16)4-3-5-10(14)17)8-6-12(19)13(20)7-11(8)18/h3-7,15,21H,2H2,1H3. The molecule has 1 unspecified atom stereocenters. The number of nitrogens with one attached hydrogen (secondary N) is 1. The third-order valence-corrected chi connectivity index (χ3v) is 3.71. The van der Waals surface area contributed by atoms with Crippen molar-refractivity contribution in [1.82, 2.24) is 5.32 Å². The van der Waals surface area contributed by atoms with Gasteiger partial charge in [-0.1, -0.05) is 36.2 Å². The van der Waals surface area contributed by atoms with Crippen molar-refractivity contribution < 1.29 is 13.2 Å². The first-order chi connectivity index (χ1) is 9.95. The highest BCUT2D eigenvalue weighted by molar-refractivity contribution is 6.36. The summed E-state index contributed by atoms with van der Waals surface area (Å²) in [5, 5.41) is 3.62. The normalized spacial score (nSPS) is 12.5. The predicted molar refractivity (Wildman–Crippen MR) is 78.3 cm³/mol. The van der Waals surface area contributed by atoms with Gasteiger partial charge >= 0.3 is 0 Å². The van der Waals surface area contributed by atoms with Crippen LogP contribution in [0.4, 0.5) is 13.2 Å². The number of hydrogen-bond donors (Lipinski definition) is 1. The zero-order valence-electron chi connectivity index (χ0n) is 11.1. The van der Waals surface area contributed by atoms with Crippen LogP contribution >= 0.6 is 23.2 Å². The van der Waals surface area contributed by atoms with Crippen LogP contribution in [0.25, 0.3) is 0 Å². The van der Waals surface area contributed by atoms with Crippen molar-refractivity contribution in [2.24, 2.45) is 0 Å². The minimum Gasteiger partial charge on any atom is -0.306 e. The number of benzene rings is 2. The fourth-order valence-corrected chi connectivity index (χ4v) is 2.73. The van der Waals surface area contributed by atoms with Crippen molar-refractivity contribution >= 4 is 23.2 Å². The lowest BCUT2D eigenvalue weighted by molar-refractivity contribution is 0.481. The molecule has 2 aromatic rings. The van der Waals surface area contributed by atoms with Crippen LogP contribution in [0.5, 0.6) is 0 Å². The van der Waals surface area contributed by atoms with E-state index in [1.165, 1.54) is 0 Å². The first-order valence-corrected chi connectivity index (χ1v) is 7.03. The monoisotopic (exact) mass is 333 g/mol. The Bertz CT molecular complexity index is 641. The molecule has 0 aliphatic rings. The van der Waals surface area contributed by atoms with Crippen LogP contribution in [0.1, 0.15) is 24.1 Å². The smallest absolute Gasteiger partial charge is 0.161 e. The summed E-state index contributed by atoms with van der Waals surface area (Å²) < 4.78 is 40.5. The summed E-state index contributed by atoms with van der Waals surface area (Å²) in [5.41, 5.74) is 0.373. The highest BCUT2D eigenvalue weighted by Gasteiger charge is 2.23. The molecule has 0 aromatic heterocycles. The van der Waals surface area contributed by atoms with Gasteiger partial charge in [-0.15, -0.1) is 0 Å². The second kappa shape index (κ2) is 6.69. The Kier molecular flexibility index (Phi) is 5.14. The van der Waals surface area contributed by atoms with Crippen LogP contribution in [-0.4, -0.2) is 6.54 Å². The Morgan fingerprint density at radius 2 is 1.57 bits per heavy atom. The number of hydrogen-bond acceptors (Lipinski definition) is 1. The summed E-state index contributed by atoms with van der Waals surface area (Å²) in [6.07, 6.45) is 0. The van der Waals surface area contributed by atoms with Crippen LogP contribution in [-0.2, 0) is 0 Å². The van der Waals surface area contributed by atoms with Crippen molar-refractivity contribution in [3.8, 4) is 0 Å². The van der Waals surface area contributed by atoms with E-state index in [0.717, 1.165) is 6.07 Å². The van der Waals surface area contributed by atoms with Gasteiger partial charge < -0.3 is 5.32 Å². The lowest BCUT2D eigenvalue weighted by Gasteiger charge is -2.22. The van der Waals surface area contributed by atoms with Gasteiger partial charge in [0.2, 0.25) is 0 Å². The molecule has 112 valence electrons. The topological polar surface area (TPSA) is 12.0 Å². The van der Waals surface area contributed by atoms with Gasteiger partial charge in [0.05, 0.1) is 6.04 Å². The van der Waals surface area contributed by atoms with Crippen LogP contribution < -0.4 is 5.32 Å². The Labute approximate surface area is 130 Å². The zero-order chi connectivity index (χ0) is 15.6. The molecule has 0 aliphatic heterocycles. The summed E-state index contributed by atoms with van der Waals surface area (Å²) in [5.74, 6) is -3.23. The fourth-order valence-electron chi connectivity index (χ4n) is 2.12. The Morgan fingerprint density at radius 3 is 2.14 bits per heavy atom. The van der Waals surface area contributed by atoms with Gasteiger partial charge in [-0.2, -0.15) is 0 Å². The molecule has 0 aliphatic carbocycles. The predicted octanol–water partition coefficient (Wildman–Crippen LogP) is 5.11. The molecule has 1 nitrogen and oxygen atoms in total. The fraction of sp³-hybridized carbons (Fsp3) is 0.200. The van der Waals surface area contributed by atoms with E-state index in [1.54, 1.807) is 25.1 Å². The number of halogens is 5. The quantitative estimate of drug-likeness (QED) is 0.766. The molecular weight excluding hydrogens is 322 g/mol. The molecule has 0 heterocycles. The average Bonchev–Trinajstić information content (AvgIpc) is 2.42. The van der Waals surface area contributed by atoms with Crippen LogP contribution in [0.2, 0.25) is 10.0 Å². The third-order valence-electron chi connectivity index (χ3n) is 3.05. The van der Waals surface area contributed by atoms with E-state index < -0.39 is 23.5 Å². The van der Waals surface area contributed by atoms with E-state index in [4.69, 9.17) is 23.2 Å². The summed E-state index contributed by atoms with van der Waals surface area (Å²) >= 11 is 12.2. The van der Waals surface area contributed by atoms with Crippen molar-refractivity contribution in [1.29, 1.82) is 0 Å². The molecule has 0 fully saturated rings. The van der Waals surface area contributed by atoms with Gasteiger partial charge in [0.25, 0.3) is 0 Å². The van der Waals surface area contributed by atoms with Crippen LogP contribution in [0.3, 0.4) is 0 Å². The van der Waals surface area contributed by atoms with E-state index in [9.17, 15) is 13.2 Å². The van der Waals surface area contributed by atoms with E-state index in [-0.39, 0.29) is 5.56 Å². The minimum absolute atomic E-state index is 0.0502. The molecule has 0 saturated heterocycles. The molecule has 0 spiro atoms. The molecule has 6 heteroatoms. The van der Waals surface area contributed by atoms with Crippen molar-refractivity contribution in [2.45, 2.75) is 13.0 Å². The molecule has 1 N–H and O–H groups in total. The van der Waals surface area contributed by atoms with Gasteiger partial charge in [0.1, 0.15) is 5.82 Å². The SMILES string of the molecule is CCNC(c1cc(F)c(F)cc1F)c1c(Cl)cccc1Cl. The van der Waals surface area contributed by atoms with Gasteiger partial charge in [-0.3, -0.25) is 0 Å². The Balaban J connectivity index is 2.62. The van der Waals surface area contributed by atoms with E-state index in [0.29, 0.717) is 28.2 Å². The first-order valence-electron chi connectivity index (χ1n) is 6.27. The van der Waals surface area contributed by atoms with Gasteiger partial charge in [0.15, 0.2) is 11.6 Å². The summed E-state index contributed by atoms with van der Waals surface area (Å²) in [7, 11) is 0. The molecule has 2 aromatic carbocycles. The number of rotatable bonds is 4. The van der Waals surface area contributed by atoms with E-state index in [1.807, 2.05) is 0 Å². The van der Waals surface area contributed by atoms with Crippen LogP contribution in [0.15, 0.2) is 30.3 Å². The Morgan fingerprint density at radius 1 is 1.00 bits per heavy atom. The summed E-state index contributed by atoms with van der Waals surface area (Å²) in [6, 6.07) is 5.41. The lowest BCUT2D eigenvalue weighted by Crippen LogP contribution is -2.24. The van der Waals surface area contributed by atoms with Crippen molar-refractivity contribution in [3.63, 3.8) is 0 Å². The molecule has 0 saturated carbocycles. The van der Waals surface area contributed by atoms with E-state index in [2.05, 4.69) is 5.32 Å². The molecular formula is C15H12Cl2F3N. The maximum absolute atomic E-state index is 14.0. The largest absolute Gasteiger partial charge is 0.306 e. The molecule has 0 amide bonds. The highest BCUT2D eigenvalue weighted by Crippen LogP contribution is 2.35. The van der Waals surface area contributed by atoms with Gasteiger partial charge in [0, 0.05) is 27.2 Å². The molecule has 2 rings (SSSR count). The Hall–Kier alpha value is -1.23. The average molecular weight is 334 g/mol. The molecule has 0 radical (unpaired) electrons. The van der Waals surface area contributed by atoms with Crippen LogP contribution in [0, 0.1) is 17.5 Å². The molecule has 21 heavy (non-hydrogen) atoms. The van der Waals surface area contributed by atoms with Crippen molar-refractivity contribution in [2.75, 3.05) is 6.54 Å². The highest BCUT2D eigenvalue weighted by atomic mass is 35.5. The zero-order valence-corrected chi connectivity index (χ0v) is 12.6. The summed E-state index contributed by atoms with van der Waals surface area (Å²) in [4.78, 5) is 0. The second-order valence-corrected chi connectivity index (χ2v) is 5.23.